The minimum atomic E-state index is -0.762. The van der Waals surface area contributed by atoms with Crippen LogP contribution in [0.4, 0.5) is 5.69 Å². The fraction of sp³-hybridized carbons (Fsp3) is 0.423. The summed E-state index contributed by atoms with van der Waals surface area (Å²) in [6.07, 6.45) is 2.25. The predicted molar refractivity (Wildman–Crippen MR) is 133 cm³/mol. The molecule has 10 heteroatoms. The highest BCUT2D eigenvalue weighted by atomic mass is 16.5. The lowest BCUT2D eigenvalue weighted by Gasteiger charge is -2.31. The SMILES string of the molecule is CCOC(=O)c1ccc(N(C(=O)Cn2nnc3ccccc32)C(CC)C(=O)NCC2CCCO2)cc1. The first-order valence-electron chi connectivity index (χ1n) is 12.3. The summed E-state index contributed by atoms with van der Waals surface area (Å²) in [6, 6.07) is 13.1. The molecular weight excluding hydrogens is 462 g/mol. The quantitative estimate of drug-likeness (QED) is 0.432. The van der Waals surface area contributed by atoms with Gasteiger partial charge in [-0.25, -0.2) is 9.48 Å². The molecule has 4 rings (SSSR count). The van der Waals surface area contributed by atoms with Crippen molar-refractivity contribution in [1.82, 2.24) is 20.3 Å². The molecule has 2 atom stereocenters. The molecule has 2 aromatic carbocycles. The Morgan fingerprint density at radius 2 is 1.94 bits per heavy atom. The zero-order valence-corrected chi connectivity index (χ0v) is 20.6. The van der Waals surface area contributed by atoms with Gasteiger partial charge >= 0.3 is 5.97 Å². The Bertz CT molecular complexity index is 1200. The molecule has 3 aromatic rings. The maximum absolute atomic E-state index is 13.7. The van der Waals surface area contributed by atoms with Gasteiger partial charge in [0.05, 0.1) is 23.8 Å². The predicted octanol–water partition coefficient (Wildman–Crippen LogP) is 2.72. The number of nitrogens with zero attached hydrogens (tertiary/aromatic N) is 4. The van der Waals surface area contributed by atoms with Gasteiger partial charge in [-0.1, -0.05) is 24.3 Å². The highest BCUT2D eigenvalue weighted by Crippen LogP contribution is 2.22. The van der Waals surface area contributed by atoms with Crippen molar-refractivity contribution in [1.29, 1.82) is 0 Å². The number of ether oxygens (including phenoxy) is 2. The van der Waals surface area contributed by atoms with Gasteiger partial charge in [0.15, 0.2) is 0 Å². The lowest BCUT2D eigenvalue weighted by molar-refractivity contribution is -0.127. The summed E-state index contributed by atoms with van der Waals surface area (Å²) in [5, 5.41) is 11.2. The van der Waals surface area contributed by atoms with Crippen molar-refractivity contribution >= 4 is 34.5 Å². The van der Waals surface area contributed by atoms with Crippen LogP contribution in [0.1, 0.15) is 43.5 Å². The number of aromatic nitrogens is 3. The molecule has 0 saturated carbocycles. The molecular formula is C26H31N5O5. The number of amides is 2. The highest BCUT2D eigenvalue weighted by Gasteiger charge is 2.31. The number of nitrogens with one attached hydrogen (secondary N) is 1. The van der Waals surface area contributed by atoms with Gasteiger partial charge in [0, 0.05) is 18.8 Å². The zero-order chi connectivity index (χ0) is 25.5. The number of fused-ring (bicyclic) bond motifs is 1. The molecule has 0 radical (unpaired) electrons. The van der Waals surface area contributed by atoms with Gasteiger partial charge in [0.1, 0.15) is 18.1 Å². The Labute approximate surface area is 209 Å². The Balaban J connectivity index is 1.60. The van der Waals surface area contributed by atoms with E-state index in [9.17, 15) is 14.4 Å². The van der Waals surface area contributed by atoms with Crippen LogP contribution in [-0.2, 0) is 25.6 Å². The number of carbonyl (C=O) groups is 3. The molecule has 1 aliphatic heterocycles. The standard InChI is InChI=1S/C26H31N5O5/c1-3-22(25(33)27-16-20-8-7-15-36-20)31(19-13-11-18(12-14-19)26(34)35-4-2)24(32)17-30-23-10-6-5-9-21(23)28-29-30/h5-6,9-14,20,22H,3-4,7-8,15-17H2,1-2H3,(H,27,33). The first kappa shape index (κ1) is 25.3. The Hall–Kier alpha value is -3.79. The topological polar surface area (TPSA) is 116 Å². The summed E-state index contributed by atoms with van der Waals surface area (Å²) in [5.41, 5.74) is 2.26. The lowest BCUT2D eigenvalue weighted by Crippen LogP contribution is -2.51. The molecule has 1 saturated heterocycles. The van der Waals surface area contributed by atoms with Crippen molar-refractivity contribution in [2.75, 3.05) is 24.7 Å². The second kappa shape index (κ2) is 11.8. The molecule has 2 unspecified atom stereocenters. The Morgan fingerprint density at radius 1 is 1.17 bits per heavy atom. The molecule has 0 aliphatic carbocycles. The third-order valence-electron chi connectivity index (χ3n) is 6.16. The molecule has 36 heavy (non-hydrogen) atoms. The molecule has 190 valence electrons. The van der Waals surface area contributed by atoms with Crippen molar-refractivity contribution in [3.63, 3.8) is 0 Å². The Kier molecular flexibility index (Phi) is 8.27. The Morgan fingerprint density at radius 3 is 2.64 bits per heavy atom. The van der Waals surface area contributed by atoms with Crippen LogP contribution in [0.2, 0.25) is 0 Å². The van der Waals surface area contributed by atoms with Crippen molar-refractivity contribution in [3.8, 4) is 0 Å². The highest BCUT2D eigenvalue weighted by molar-refractivity contribution is 6.01. The number of para-hydroxylation sites is 1. The molecule has 0 spiro atoms. The van der Waals surface area contributed by atoms with E-state index in [1.807, 2.05) is 31.2 Å². The number of rotatable bonds is 10. The van der Waals surface area contributed by atoms with Crippen LogP contribution >= 0.6 is 0 Å². The van der Waals surface area contributed by atoms with Gasteiger partial charge in [-0.3, -0.25) is 14.5 Å². The van der Waals surface area contributed by atoms with E-state index in [0.29, 0.717) is 36.3 Å². The van der Waals surface area contributed by atoms with Crippen molar-refractivity contribution in [2.45, 2.75) is 51.8 Å². The number of carbonyl (C=O) groups excluding carboxylic acids is 3. The minimum Gasteiger partial charge on any atom is -0.462 e. The number of hydrogen-bond acceptors (Lipinski definition) is 7. The van der Waals surface area contributed by atoms with E-state index >= 15 is 0 Å². The third kappa shape index (κ3) is 5.71. The van der Waals surface area contributed by atoms with E-state index in [-0.39, 0.29) is 31.1 Å². The van der Waals surface area contributed by atoms with Gasteiger partial charge in [0.2, 0.25) is 11.8 Å². The van der Waals surface area contributed by atoms with Crippen LogP contribution in [-0.4, -0.2) is 64.7 Å². The van der Waals surface area contributed by atoms with E-state index in [1.54, 1.807) is 31.2 Å². The van der Waals surface area contributed by atoms with Crippen LogP contribution < -0.4 is 10.2 Å². The second-order valence-electron chi connectivity index (χ2n) is 8.57. The summed E-state index contributed by atoms with van der Waals surface area (Å²) in [7, 11) is 0. The molecule has 1 fully saturated rings. The third-order valence-corrected chi connectivity index (χ3v) is 6.16. The average molecular weight is 494 g/mol. The summed E-state index contributed by atoms with van der Waals surface area (Å²) in [6.45, 7) is 4.85. The van der Waals surface area contributed by atoms with E-state index in [2.05, 4.69) is 15.6 Å². The van der Waals surface area contributed by atoms with E-state index < -0.39 is 12.0 Å². The van der Waals surface area contributed by atoms with Crippen LogP contribution in [0.15, 0.2) is 48.5 Å². The lowest BCUT2D eigenvalue weighted by atomic mass is 10.1. The van der Waals surface area contributed by atoms with E-state index in [4.69, 9.17) is 9.47 Å². The molecule has 2 amide bonds. The molecule has 2 heterocycles. The summed E-state index contributed by atoms with van der Waals surface area (Å²) < 4.78 is 12.2. The summed E-state index contributed by atoms with van der Waals surface area (Å²) in [4.78, 5) is 40.5. The van der Waals surface area contributed by atoms with Crippen LogP contribution in [0, 0.1) is 0 Å². The summed E-state index contributed by atoms with van der Waals surface area (Å²) in [5.74, 6) is -1.04. The molecule has 0 bridgehead atoms. The van der Waals surface area contributed by atoms with Crippen LogP contribution in [0.5, 0.6) is 0 Å². The fourth-order valence-electron chi connectivity index (χ4n) is 4.33. The fourth-order valence-corrected chi connectivity index (χ4v) is 4.33. The number of benzene rings is 2. The first-order chi connectivity index (χ1) is 17.5. The number of esters is 1. The van der Waals surface area contributed by atoms with Gasteiger partial charge in [-0.15, -0.1) is 5.10 Å². The van der Waals surface area contributed by atoms with Crippen LogP contribution in [0.3, 0.4) is 0 Å². The van der Waals surface area contributed by atoms with E-state index in [1.165, 1.54) is 9.58 Å². The van der Waals surface area contributed by atoms with Crippen molar-refractivity contribution < 1.29 is 23.9 Å². The average Bonchev–Trinajstić information content (AvgIpc) is 3.56. The normalized spacial score (nSPS) is 16.0. The molecule has 1 aliphatic rings. The van der Waals surface area contributed by atoms with Gasteiger partial charge in [0.25, 0.3) is 0 Å². The molecule has 1 aromatic heterocycles. The first-order valence-corrected chi connectivity index (χ1v) is 12.3. The van der Waals surface area contributed by atoms with Crippen molar-refractivity contribution in [2.24, 2.45) is 0 Å². The molecule has 1 N–H and O–H groups in total. The van der Waals surface area contributed by atoms with Gasteiger partial charge in [-0.2, -0.15) is 0 Å². The molecule has 10 nitrogen and oxygen atoms in total. The number of hydrogen-bond donors (Lipinski definition) is 1. The summed E-state index contributed by atoms with van der Waals surface area (Å²) >= 11 is 0. The van der Waals surface area contributed by atoms with Crippen LogP contribution in [0.25, 0.3) is 11.0 Å². The largest absolute Gasteiger partial charge is 0.462 e. The van der Waals surface area contributed by atoms with E-state index in [0.717, 1.165) is 18.4 Å². The van der Waals surface area contributed by atoms with Gasteiger partial charge in [-0.05, 0) is 62.6 Å². The number of anilines is 1. The van der Waals surface area contributed by atoms with Gasteiger partial charge < -0.3 is 14.8 Å². The zero-order valence-electron chi connectivity index (χ0n) is 20.6. The second-order valence-corrected chi connectivity index (χ2v) is 8.57. The minimum absolute atomic E-state index is 0.0130. The smallest absolute Gasteiger partial charge is 0.338 e. The van der Waals surface area contributed by atoms with Crippen molar-refractivity contribution in [3.05, 3.63) is 54.1 Å². The maximum Gasteiger partial charge on any atom is 0.338 e. The maximum atomic E-state index is 13.7. The monoisotopic (exact) mass is 493 g/mol.